The van der Waals surface area contributed by atoms with E-state index in [0.29, 0.717) is 36.4 Å². The molecule has 46 heavy (non-hydrogen) atoms. The maximum absolute atomic E-state index is 13.5. The quantitative estimate of drug-likeness (QED) is 0.187. The number of nitrogens with one attached hydrogen (secondary N) is 1. The van der Waals surface area contributed by atoms with Crippen molar-refractivity contribution < 1.29 is 50.5 Å². The molecule has 3 heterocycles. The van der Waals surface area contributed by atoms with Gasteiger partial charge in [0.1, 0.15) is 0 Å². The summed E-state index contributed by atoms with van der Waals surface area (Å²) in [6.07, 6.45) is -7.37. The van der Waals surface area contributed by atoms with E-state index in [1.54, 1.807) is 19.1 Å². The van der Waals surface area contributed by atoms with Gasteiger partial charge < -0.3 is 19.9 Å². The van der Waals surface area contributed by atoms with E-state index in [9.17, 15) is 35.9 Å². The molecule has 1 amide bonds. The number of aliphatic carboxylic acids is 1. The lowest BCUT2D eigenvalue weighted by Gasteiger charge is -2.39. The number of methoxy groups -OCH3 is 1. The van der Waals surface area contributed by atoms with E-state index in [0.717, 1.165) is 12.2 Å². The number of amides is 1. The molecule has 10 nitrogen and oxygen atoms in total. The summed E-state index contributed by atoms with van der Waals surface area (Å²) in [5.74, 6) is -1.17. The van der Waals surface area contributed by atoms with Crippen LogP contribution in [-0.4, -0.2) is 51.9 Å². The summed E-state index contributed by atoms with van der Waals surface area (Å²) in [6.45, 7) is 3.69. The van der Waals surface area contributed by atoms with Crippen molar-refractivity contribution in [1.29, 1.82) is 0 Å². The summed E-state index contributed by atoms with van der Waals surface area (Å²) in [5, 5.41) is 12.2. The fourth-order valence-corrected chi connectivity index (χ4v) is 5.03. The maximum atomic E-state index is 13.5. The molecule has 1 aliphatic heterocycles. The van der Waals surface area contributed by atoms with Gasteiger partial charge in [0.05, 0.1) is 48.0 Å². The van der Waals surface area contributed by atoms with Gasteiger partial charge in [-0.1, -0.05) is 6.92 Å². The number of carboxylic acids is 1. The monoisotopic (exact) mass is 653 g/mol. The molecular formula is C30H29F6N5O5. The summed E-state index contributed by atoms with van der Waals surface area (Å²) in [6, 6.07) is 3.42. The van der Waals surface area contributed by atoms with Crippen molar-refractivity contribution in [1.82, 2.24) is 15.0 Å². The molecular weight excluding hydrogens is 624 g/mol. The number of halogens is 6. The third-order valence-electron chi connectivity index (χ3n) is 7.11. The molecule has 2 atom stereocenters. The Balaban J connectivity index is 1.78. The van der Waals surface area contributed by atoms with Gasteiger partial charge in [0.2, 0.25) is 11.8 Å². The first-order valence-corrected chi connectivity index (χ1v) is 14.0. The first-order valence-electron chi connectivity index (χ1n) is 14.0. The van der Waals surface area contributed by atoms with Gasteiger partial charge in [-0.05, 0) is 55.7 Å². The summed E-state index contributed by atoms with van der Waals surface area (Å²) < 4.78 is 91.6. The van der Waals surface area contributed by atoms with Crippen LogP contribution in [0, 0.1) is 0 Å². The first-order chi connectivity index (χ1) is 21.6. The number of benzene rings is 1. The molecule has 0 fully saturated rings. The van der Waals surface area contributed by atoms with Gasteiger partial charge in [-0.15, -0.1) is 0 Å². The number of carboxylic acid groups (broad SMARTS) is 1. The van der Waals surface area contributed by atoms with E-state index in [1.807, 2.05) is 6.92 Å². The molecule has 2 aromatic heterocycles. The molecule has 1 aliphatic rings. The minimum atomic E-state index is -5.06. The van der Waals surface area contributed by atoms with Crippen molar-refractivity contribution in [3.8, 4) is 5.88 Å². The van der Waals surface area contributed by atoms with Crippen LogP contribution in [0.2, 0.25) is 0 Å². The Morgan fingerprint density at radius 2 is 1.74 bits per heavy atom. The highest BCUT2D eigenvalue weighted by Gasteiger charge is 2.39. The van der Waals surface area contributed by atoms with Crippen LogP contribution in [0.5, 0.6) is 5.88 Å². The van der Waals surface area contributed by atoms with Crippen LogP contribution < -0.4 is 15.0 Å². The number of rotatable bonds is 9. The molecule has 0 aliphatic carbocycles. The Hall–Kier alpha value is -4.89. The number of carbonyl (C=O) groups excluding carboxylic acids is 1. The topological polar surface area (TPSA) is 127 Å². The predicted octanol–water partition coefficient (Wildman–Crippen LogP) is 6.90. The molecule has 4 rings (SSSR count). The Morgan fingerprint density at radius 3 is 2.30 bits per heavy atom. The van der Waals surface area contributed by atoms with Gasteiger partial charge in [0.15, 0.2) is 0 Å². The molecule has 2 N–H and O–H groups in total. The lowest BCUT2D eigenvalue weighted by Crippen LogP contribution is -2.46. The summed E-state index contributed by atoms with van der Waals surface area (Å²) in [7, 11) is 1.41. The largest absolute Gasteiger partial charge is 0.481 e. The summed E-state index contributed by atoms with van der Waals surface area (Å²) >= 11 is 0. The number of fused-ring (bicyclic) bond motifs is 1. The van der Waals surface area contributed by atoms with Crippen LogP contribution in [0.25, 0.3) is 6.08 Å². The fraction of sp³-hybridized carbons (Fsp3) is 0.367. The van der Waals surface area contributed by atoms with Gasteiger partial charge in [0.25, 0.3) is 0 Å². The van der Waals surface area contributed by atoms with E-state index in [4.69, 9.17) is 14.6 Å². The van der Waals surface area contributed by atoms with Gasteiger partial charge in [-0.2, -0.15) is 26.3 Å². The molecule has 0 radical (unpaired) electrons. The number of alkyl halides is 6. The molecule has 0 unspecified atom stereocenters. The summed E-state index contributed by atoms with van der Waals surface area (Å²) in [5.41, 5.74) is -2.53. The van der Waals surface area contributed by atoms with Crippen LogP contribution in [-0.2, 0) is 28.3 Å². The van der Waals surface area contributed by atoms with Crippen LogP contribution in [0.1, 0.15) is 66.4 Å². The smallest absolute Gasteiger partial charge is 0.416 e. The van der Waals surface area contributed by atoms with Crippen molar-refractivity contribution >= 4 is 29.8 Å². The number of hydrogen-bond acceptors (Lipinski definition) is 8. The third-order valence-corrected chi connectivity index (χ3v) is 7.11. The SMILES string of the molecule is CCOC(=O)N1c2ccc(OC)nc2[C@@H](Nc2ncc(C=CC(=O)O)c(Cc3cc(C(F)(F)F)cc(C(F)(F)F)c3)n2)C[C@H]1CC. The number of ether oxygens (including phenoxy) is 2. The molecule has 0 saturated carbocycles. The van der Waals surface area contributed by atoms with Gasteiger partial charge in [-0.25, -0.2) is 24.5 Å². The van der Waals surface area contributed by atoms with Crippen LogP contribution in [0.3, 0.4) is 0 Å². The second-order valence-electron chi connectivity index (χ2n) is 10.2. The fourth-order valence-electron chi connectivity index (χ4n) is 5.03. The highest BCUT2D eigenvalue weighted by molar-refractivity contribution is 5.90. The minimum absolute atomic E-state index is 0.0211. The second kappa shape index (κ2) is 13.6. The van der Waals surface area contributed by atoms with E-state index in [-0.39, 0.29) is 47.4 Å². The normalized spacial score (nSPS) is 16.7. The number of aromatic nitrogens is 3. The molecule has 0 bridgehead atoms. The van der Waals surface area contributed by atoms with Crippen molar-refractivity contribution in [2.75, 3.05) is 23.9 Å². The Kier molecular flexibility index (Phi) is 10.1. The average molecular weight is 654 g/mol. The van der Waals surface area contributed by atoms with Crippen LogP contribution in [0.4, 0.5) is 42.8 Å². The maximum Gasteiger partial charge on any atom is 0.416 e. The van der Waals surface area contributed by atoms with E-state index in [1.165, 1.54) is 18.2 Å². The number of hydrogen-bond donors (Lipinski definition) is 2. The lowest BCUT2D eigenvalue weighted by atomic mass is 9.93. The Bertz CT molecular complexity index is 1600. The lowest BCUT2D eigenvalue weighted by molar-refractivity contribution is -0.143. The van der Waals surface area contributed by atoms with Gasteiger partial charge >= 0.3 is 24.4 Å². The number of anilines is 2. The third kappa shape index (κ3) is 7.84. The van der Waals surface area contributed by atoms with E-state index >= 15 is 0 Å². The standard InChI is InChI=1S/C30H29F6N5O5/c1-4-20-14-22(26-23(7-8-24(40-26)45-3)41(20)28(44)46-5-2)39-27-37-15-17(6-9-25(42)43)21(38-27)12-16-10-18(29(31,32)33)13-19(11-16)30(34,35)36/h6-11,13,15,20,22H,4-5,12,14H2,1-3H3,(H,42,43)(H,37,38,39)/t20-,22+/m1/s1. The Morgan fingerprint density at radius 1 is 1.07 bits per heavy atom. The Labute approximate surface area is 259 Å². The van der Waals surface area contributed by atoms with Crippen LogP contribution >= 0.6 is 0 Å². The van der Waals surface area contributed by atoms with E-state index in [2.05, 4.69) is 20.3 Å². The van der Waals surface area contributed by atoms with E-state index < -0.39 is 48.0 Å². The van der Waals surface area contributed by atoms with Gasteiger partial charge in [0, 0.05) is 36.4 Å². The molecule has 246 valence electrons. The van der Waals surface area contributed by atoms with Crippen LogP contribution in [0.15, 0.2) is 42.6 Å². The highest BCUT2D eigenvalue weighted by Crippen LogP contribution is 2.40. The van der Waals surface area contributed by atoms with Crippen molar-refractivity contribution in [2.24, 2.45) is 0 Å². The number of carbonyl (C=O) groups is 2. The van der Waals surface area contributed by atoms with Crippen molar-refractivity contribution in [2.45, 2.75) is 57.5 Å². The number of pyridine rings is 1. The van der Waals surface area contributed by atoms with Crippen molar-refractivity contribution in [3.63, 3.8) is 0 Å². The average Bonchev–Trinajstić information content (AvgIpc) is 2.99. The zero-order chi connectivity index (χ0) is 33.8. The zero-order valence-electron chi connectivity index (χ0n) is 24.7. The molecule has 16 heteroatoms. The number of nitrogens with zero attached hydrogens (tertiary/aromatic N) is 4. The highest BCUT2D eigenvalue weighted by atomic mass is 19.4. The zero-order valence-corrected chi connectivity index (χ0v) is 24.7. The second-order valence-corrected chi connectivity index (χ2v) is 10.2. The molecule has 1 aromatic carbocycles. The minimum Gasteiger partial charge on any atom is -0.481 e. The molecule has 3 aromatic rings. The molecule has 0 saturated heterocycles. The first kappa shape index (κ1) is 34.0. The molecule has 0 spiro atoms. The predicted molar refractivity (Wildman–Crippen MR) is 153 cm³/mol. The summed E-state index contributed by atoms with van der Waals surface area (Å²) in [4.78, 5) is 38.7. The van der Waals surface area contributed by atoms with Gasteiger partial charge in [-0.3, -0.25) is 4.90 Å². The van der Waals surface area contributed by atoms with Crippen molar-refractivity contribution in [3.05, 3.63) is 76.2 Å².